The van der Waals surface area contributed by atoms with Gasteiger partial charge in [0.25, 0.3) is 0 Å². The van der Waals surface area contributed by atoms with Crippen molar-refractivity contribution < 1.29 is 72.4 Å². The van der Waals surface area contributed by atoms with Crippen LogP contribution in [0.4, 0.5) is 4.79 Å². The molecule has 0 aromatic rings. The van der Waals surface area contributed by atoms with E-state index in [0.29, 0.717) is 6.61 Å². The molecule has 76 valence electrons. The van der Waals surface area contributed by atoms with Crippen LogP contribution in [0.3, 0.4) is 0 Å². The number of nitrogens with two attached hydrogens (primary N) is 1. The van der Waals surface area contributed by atoms with Crippen molar-refractivity contribution in [1.82, 2.24) is 5.48 Å². The van der Waals surface area contributed by atoms with Gasteiger partial charge in [-0.05, 0) is 0 Å². The van der Waals surface area contributed by atoms with Crippen molar-refractivity contribution in [1.29, 1.82) is 0 Å². The van der Waals surface area contributed by atoms with Gasteiger partial charge in [0.15, 0.2) is 0 Å². The first-order valence-electron chi connectivity index (χ1n) is 3.39. The van der Waals surface area contributed by atoms with Crippen molar-refractivity contribution in [3.8, 4) is 0 Å². The predicted octanol–water partition coefficient (Wildman–Crippen LogP) is -4.42. The maximum absolute atomic E-state index is 10.1. The molecule has 0 unspecified atom stereocenters. The van der Waals surface area contributed by atoms with E-state index in [1.165, 1.54) is 0 Å². The molecule has 0 heterocycles. The largest absolute Gasteiger partial charge is 1.00 e. The van der Waals surface area contributed by atoms with Gasteiger partial charge in [-0.15, -0.1) is 0 Å². The number of hydrogen-bond acceptors (Lipinski definition) is 2. The Kier molecular flexibility index (Phi) is 13.9. The zero-order valence-corrected chi connectivity index (χ0v) is 11.9. The number of urea groups is 1. The van der Waals surface area contributed by atoms with Crippen LogP contribution in [0.15, 0.2) is 0 Å². The molecule has 0 aliphatic rings. The molecule has 7 heteroatoms. The molecular formula is C6H19KN3O3+. The van der Waals surface area contributed by atoms with Gasteiger partial charge in [0, 0.05) is 0 Å². The summed E-state index contributed by atoms with van der Waals surface area (Å²) in [6.07, 6.45) is 0. The van der Waals surface area contributed by atoms with E-state index in [4.69, 9.17) is 10.6 Å². The van der Waals surface area contributed by atoms with Crippen LogP contribution in [-0.2, 0) is 4.84 Å². The number of rotatable bonds is 4. The molecule has 0 aromatic heterocycles. The summed E-state index contributed by atoms with van der Waals surface area (Å²) in [4.78, 5) is 14.8. The Morgan fingerprint density at radius 3 is 2.31 bits per heavy atom. The SMILES string of the molecule is C[N+](C)(C)CCONC(N)=O.O.[H-].[K+]. The van der Waals surface area contributed by atoms with Crippen LogP contribution in [-0.4, -0.2) is 50.3 Å². The second kappa shape index (κ2) is 9.35. The number of quaternary nitrogens is 1. The van der Waals surface area contributed by atoms with Gasteiger partial charge in [-0.1, -0.05) is 0 Å². The minimum Gasteiger partial charge on any atom is -1.00 e. The number of amides is 2. The van der Waals surface area contributed by atoms with E-state index in [1.54, 1.807) is 0 Å². The van der Waals surface area contributed by atoms with Crippen LogP contribution in [0.1, 0.15) is 1.43 Å². The van der Waals surface area contributed by atoms with Crippen molar-refractivity contribution in [2.24, 2.45) is 5.73 Å². The Morgan fingerprint density at radius 1 is 1.54 bits per heavy atom. The van der Waals surface area contributed by atoms with E-state index < -0.39 is 6.03 Å². The third-order valence-electron chi connectivity index (χ3n) is 1.04. The minimum absolute atomic E-state index is 0. The average molecular weight is 220 g/mol. The summed E-state index contributed by atoms with van der Waals surface area (Å²) in [6.45, 7) is 1.28. The number of nitrogens with zero attached hydrogens (tertiary/aromatic N) is 1. The number of primary amides is 1. The minimum atomic E-state index is -0.661. The van der Waals surface area contributed by atoms with E-state index in [0.717, 1.165) is 11.0 Å². The summed E-state index contributed by atoms with van der Waals surface area (Å²) in [5.74, 6) is 0. The third kappa shape index (κ3) is 19.3. The van der Waals surface area contributed by atoms with E-state index in [2.05, 4.69) is 0 Å². The molecule has 0 radical (unpaired) electrons. The van der Waals surface area contributed by atoms with Gasteiger partial charge < -0.3 is 17.1 Å². The number of carbonyl (C=O) groups excluding carboxylic acids is 1. The number of nitrogens with one attached hydrogen (secondary N) is 1. The molecule has 0 aliphatic heterocycles. The Bertz CT molecular complexity index is 143. The maximum atomic E-state index is 10.1. The molecule has 0 fully saturated rings. The fourth-order valence-corrected chi connectivity index (χ4v) is 0.442. The fourth-order valence-electron chi connectivity index (χ4n) is 0.442. The van der Waals surface area contributed by atoms with Crippen molar-refractivity contribution in [2.75, 3.05) is 34.3 Å². The van der Waals surface area contributed by atoms with Crippen LogP contribution < -0.4 is 62.6 Å². The number of hydroxylamine groups is 1. The second-order valence-corrected chi connectivity index (χ2v) is 3.33. The van der Waals surface area contributed by atoms with Gasteiger partial charge in [-0.25, -0.2) is 10.3 Å². The molecular weight excluding hydrogens is 201 g/mol. The summed E-state index contributed by atoms with van der Waals surface area (Å²) in [7, 11) is 6.11. The van der Waals surface area contributed by atoms with Gasteiger partial charge in [-0.2, -0.15) is 0 Å². The quantitative estimate of drug-likeness (QED) is 0.216. The zero-order valence-electron chi connectivity index (χ0n) is 9.76. The second-order valence-electron chi connectivity index (χ2n) is 3.33. The smallest absolute Gasteiger partial charge is 1.00 e. The maximum Gasteiger partial charge on any atom is 1.00 e. The molecule has 0 rings (SSSR count). The van der Waals surface area contributed by atoms with Crippen LogP contribution >= 0.6 is 0 Å². The topological polar surface area (TPSA) is 95.8 Å². The van der Waals surface area contributed by atoms with E-state index in [-0.39, 0.29) is 58.3 Å². The van der Waals surface area contributed by atoms with E-state index in [1.807, 2.05) is 26.6 Å². The number of carbonyl (C=O) groups is 1. The zero-order chi connectivity index (χ0) is 8.91. The monoisotopic (exact) mass is 220 g/mol. The third-order valence-corrected chi connectivity index (χ3v) is 1.04. The summed E-state index contributed by atoms with van der Waals surface area (Å²) in [5, 5.41) is 0. The van der Waals surface area contributed by atoms with Crippen LogP contribution in [0.25, 0.3) is 0 Å². The molecule has 0 saturated carbocycles. The molecule has 0 saturated heterocycles. The Balaban J connectivity index is -0.000000167. The summed E-state index contributed by atoms with van der Waals surface area (Å²) in [5.41, 5.74) is 6.81. The van der Waals surface area contributed by atoms with Crippen LogP contribution in [0.2, 0.25) is 0 Å². The molecule has 13 heavy (non-hydrogen) atoms. The Labute approximate surface area is 123 Å². The molecule has 0 aliphatic carbocycles. The summed E-state index contributed by atoms with van der Waals surface area (Å²) < 4.78 is 0.792. The Morgan fingerprint density at radius 2 is 2.00 bits per heavy atom. The molecule has 0 aromatic carbocycles. The van der Waals surface area contributed by atoms with Gasteiger partial charge >= 0.3 is 57.4 Å². The summed E-state index contributed by atoms with van der Waals surface area (Å²) >= 11 is 0. The molecule has 5 N–H and O–H groups in total. The van der Waals surface area contributed by atoms with E-state index in [9.17, 15) is 4.79 Å². The number of likely N-dealkylation sites (N-methyl/N-ethyl adjacent to an activating group) is 1. The Hall–Kier alpha value is 0.786. The van der Waals surface area contributed by atoms with Crippen molar-refractivity contribution in [3.63, 3.8) is 0 Å². The van der Waals surface area contributed by atoms with Crippen molar-refractivity contribution in [2.45, 2.75) is 0 Å². The molecule has 6 nitrogen and oxygen atoms in total. The number of hydrogen-bond donors (Lipinski definition) is 2. The molecule has 2 amide bonds. The first-order valence-corrected chi connectivity index (χ1v) is 3.39. The van der Waals surface area contributed by atoms with Crippen LogP contribution in [0, 0.1) is 0 Å². The standard InChI is InChI=1S/C6H15N3O2.K.H2O.H/c1-9(2,3)4-5-11-8-6(7)10;;;/h4-5H2,1-3H3,(H2-,7,8,10);;1H2;/q;+1;;-1/p+1. The molecule has 0 atom stereocenters. The summed E-state index contributed by atoms with van der Waals surface area (Å²) in [6, 6.07) is -0.661. The van der Waals surface area contributed by atoms with E-state index >= 15 is 0 Å². The van der Waals surface area contributed by atoms with Crippen molar-refractivity contribution >= 4 is 6.03 Å². The average Bonchev–Trinajstić information content (AvgIpc) is 1.78. The normalized spacial score (nSPS) is 9.46. The first-order chi connectivity index (χ1) is 4.92. The van der Waals surface area contributed by atoms with Crippen molar-refractivity contribution in [3.05, 3.63) is 0 Å². The van der Waals surface area contributed by atoms with Gasteiger partial charge in [-0.3, -0.25) is 4.84 Å². The van der Waals surface area contributed by atoms with Gasteiger partial charge in [0.05, 0.1) is 21.1 Å². The van der Waals surface area contributed by atoms with Gasteiger partial charge in [0.2, 0.25) is 0 Å². The molecule has 0 spiro atoms. The van der Waals surface area contributed by atoms with Gasteiger partial charge in [0.1, 0.15) is 13.2 Å². The van der Waals surface area contributed by atoms with Crippen LogP contribution in [0.5, 0.6) is 0 Å². The predicted molar refractivity (Wildman–Crippen MR) is 46.3 cm³/mol. The fraction of sp³-hybridized carbons (Fsp3) is 0.833. The molecule has 0 bridgehead atoms. The first kappa shape index (κ1) is 19.4.